The molecule has 0 fully saturated rings. The second-order valence-corrected chi connectivity index (χ2v) is 7.81. The number of carbonyl (C=O) groups excluding carboxylic acids is 1. The van der Waals surface area contributed by atoms with Crippen LogP contribution in [0, 0.1) is 0 Å². The number of Topliss-reactive ketones (excluding diaryl/α,β-unsaturated/α-hetero) is 1. The number of halogens is 1. The number of benzene rings is 2. The summed E-state index contributed by atoms with van der Waals surface area (Å²) < 4.78 is 7.16. The fourth-order valence-corrected chi connectivity index (χ4v) is 3.75. The number of rotatable bonds is 8. The van der Waals surface area contributed by atoms with Gasteiger partial charge in [0.15, 0.2) is 16.8 Å². The van der Waals surface area contributed by atoms with Crippen LogP contribution in [0.4, 0.5) is 0 Å². The third kappa shape index (κ3) is 4.46. The molecule has 0 saturated carbocycles. The Hall–Kier alpha value is -2.57. The van der Waals surface area contributed by atoms with Gasteiger partial charge in [-0.3, -0.25) is 9.36 Å². The largest absolute Gasteiger partial charge is 0.497 e. The predicted molar refractivity (Wildman–Crippen MR) is 113 cm³/mol. The Morgan fingerprint density at radius 3 is 2.50 bits per heavy atom. The first-order valence-corrected chi connectivity index (χ1v) is 9.94. The number of nitrogens with zero attached hydrogens (tertiary/aromatic N) is 3. The summed E-state index contributed by atoms with van der Waals surface area (Å²) >= 11 is 7.28. The SMILES string of the molecule is C=CCn1c(SC(C)C(=O)c2ccc(Cl)cc2)nnc1-c1ccc(OC)cc1. The van der Waals surface area contributed by atoms with Gasteiger partial charge in [0.1, 0.15) is 5.75 Å². The van der Waals surface area contributed by atoms with Gasteiger partial charge in [0.2, 0.25) is 0 Å². The van der Waals surface area contributed by atoms with Crippen molar-refractivity contribution >= 4 is 29.1 Å². The highest BCUT2D eigenvalue weighted by molar-refractivity contribution is 8.00. The lowest BCUT2D eigenvalue weighted by atomic mass is 10.1. The van der Waals surface area contributed by atoms with Gasteiger partial charge in [-0.25, -0.2) is 0 Å². The van der Waals surface area contributed by atoms with Crippen molar-refractivity contribution in [3.05, 3.63) is 71.8 Å². The summed E-state index contributed by atoms with van der Waals surface area (Å²) in [6.07, 6.45) is 1.78. The highest BCUT2D eigenvalue weighted by Crippen LogP contribution is 2.29. The number of thioether (sulfide) groups is 1. The van der Waals surface area contributed by atoms with E-state index < -0.39 is 0 Å². The van der Waals surface area contributed by atoms with Crippen LogP contribution >= 0.6 is 23.4 Å². The summed E-state index contributed by atoms with van der Waals surface area (Å²) in [6.45, 7) is 6.23. The summed E-state index contributed by atoms with van der Waals surface area (Å²) in [6, 6.07) is 14.5. The van der Waals surface area contributed by atoms with Crippen LogP contribution in [0.5, 0.6) is 5.75 Å². The van der Waals surface area contributed by atoms with E-state index in [0.717, 1.165) is 17.1 Å². The molecule has 0 aliphatic carbocycles. The van der Waals surface area contributed by atoms with Crippen LogP contribution in [-0.2, 0) is 6.54 Å². The summed E-state index contributed by atoms with van der Waals surface area (Å²) in [4.78, 5) is 12.7. The van der Waals surface area contributed by atoms with Gasteiger partial charge >= 0.3 is 0 Å². The average molecular weight is 414 g/mol. The van der Waals surface area contributed by atoms with Gasteiger partial charge in [-0.2, -0.15) is 0 Å². The minimum absolute atomic E-state index is 0.0146. The van der Waals surface area contributed by atoms with Crippen molar-refractivity contribution in [3.8, 4) is 17.1 Å². The number of carbonyl (C=O) groups is 1. The summed E-state index contributed by atoms with van der Waals surface area (Å²) in [5.74, 6) is 1.51. The molecular weight excluding hydrogens is 394 g/mol. The van der Waals surface area contributed by atoms with Crippen LogP contribution in [0.25, 0.3) is 11.4 Å². The average Bonchev–Trinajstić information content (AvgIpc) is 3.10. The predicted octanol–water partition coefficient (Wildman–Crippen LogP) is 5.16. The number of ether oxygens (including phenoxy) is 1. The summed E-state index contributed by atoms with van der Waals surface area (Å²) in [7, 11) is 1.63. The zero-order valence-corrected chi connectivity index (χ0v) is 17.2. The number of hydrogen-bond acceptors (Lipinski definition) is 5. The zero-order valence-electron chi connectivity index (χ0n) is 15.6. The Labute approximate surface area is 173 Å². The highest BCUT2D eigenvalue weighted by atomic mass is 35.5. The molecule has 3 rings (SSSR count). The number of ketones is 1. The lowest BCUT2D eigenvalue weighted by Gasteiger charge is -2.12. The standard InChI is InChI=1S/C21H20ClN3O2S/c1-4-13-25-20(16-7-11-18(27-3)12-8-16)23-24-21(25)28-14(2)19(26)15-5-9-17(22)10-6-15/h4-12,14H,1,13H2,2-3H3. The van der Waals surface area contributed by atoms with Crippen LogP contribution < -0.4 is 4.74 Å². The normalized spacial score (nSPS) is 11.8. The molecule has 1 atom stereocenters. The maximum atomic E-state index is 12.7. The van der Waals surface area contributed by atoms with Gasteiger partial charge in [-0.05, 0) is 55.5 Å². The molecule has 0 aliphatic heterocycles. The molecular formula is C21H20ClN3O2S. The Kier molecular flexibility index (Phi) is 6.54. The molecule has 0 bridgehead atoms. The summed E-state index contributed by atoms with van der Waals surface area (Å²) in [5.41, 5.74) is 1.54. The molecule has 0 aliphatic rings. The van der Waals surface area contributed by atoms with Crippen molar-refractivity contribution in [2.75, 3.05) is 7.11 Å². The second kappa shape index (κ2) is 9.08. The number of allylic oxidation sites excluding steroid dienone is 1. The molecule has 7 heteroatoms. The molecule has 1 aromatic heterocycles. The Morgan fingerprint density at radius 2 is 1.89 bits per heavy atom. The van der Waals surface area contributed by atoms with E-state index in [2.05, 4.69) is 16.8 Å². The van der Waals surface area contributed by atoms with E-state index in [9.17, 15) is 4.79 Å². The molecule has 0 saturated heterocycles. The third-order valence-corrected chi connectivity index (χ3v) is 5.49. The minimum atomic E-state index is -0.322. The Bertz CT molecular complexity index is 968. The molecule has 5 nitrogen and oxygen atoms in total. The first-order chi connectivity index (χ1) is 13.5. The molecule has 0 N–H and O–H groups in total. The number of aromatic nitrogens is 3. The fourth-order valence-electron chi connectivity index (χ4n) is 2.68. The van der Waals surface area contributed by atoms with Gasteiger partial charge in [0.05, 0.1) is 12.4 Å². The highest BCUT2D eigenvalue weighted by Gasteiger charge is 2.21. The topological polar surface area (TPSA) is 57.0 Å². The Morgan fingerprint density at radius 1 is 1.21 bits per heavy atom. The van der Waals surface area contributed by atoms with Crippen LogP contribution in [-0.4, -0.2) is 32.9 Å². The molecule has 1 heterocycles. The van der Waals surface area contributed by atoms with Crippen LogP contribution in [0.1, 0.15) is 17.3 Å². The lowest BCUT2D eigenvalue weighted by molar-refractivity contribution is 0.0994. The second-order valence-electron chi connectivity index (χ2n) is 6.07. The summed E-state index contributed by atoms with van der Waals surface area (Å²) in [5, 5.41) is 9.59. The van der Waals surface area contributed by atoms with Gasteiger partial charge in [0, 0.05) is 22.7 Å². The quantitative estimate of drug-likeness (QED) is 0.290. The van der Waals surface area contributed by atoms with Gasteiger partial charge in [0.25, 0.3) is 0 Å². The van der Waals surface area contributed by atoms with Crippen LogP contribution in [0.3, 0.4) is 0 Å². The van der Waals surface area contributed by atoms with Crippen LogP contribution in [0.15, 0.2) is 66.3 Å². The smallest absolute Gasteiger partial charge is 0.192 e. The van der Waals surface area contributed by atoms with E-state index in [1.54, 1.807) is 37.5 Å². The van der Waals surface area contributed by atoms with Crippen molar-refractivity contribution < 1.29 is 9.53 Å². The van der Waals surface area contributed by atoms with E-state index in [1.807, 2.05) is 35.8 Å². The number of methoxy groups -OCH3 is 1. The van der Waals surface area contributed by atoms with E-state index in [4.69, 9.17) is 16.3 Å². The van der Waals surface area contributed by atoms with E-state index in [1.165, 1.54) is 11.8 Å². The van der Waals surface area contributed by atoms with Gasteiger partial charge < -0.3 is 4.74 Å². The van der Waals surface area contributed by atoms with Gasteiger partial charge in [-0.1, -0.05) is 29.4 Å². The van der Waals surface area contributed by atoms with Crippen molar-refractivity contribution in [1.29, 1.82) is 0 Å². The van der Waals surface area contributed by atoms with Crippen molar-refractivity contribution in [1.82, 2.24) is 14.8 Å². The van der Waals surface area contributed by atoms with E-state index >= 15 is 0 Å². The molecule has 0 radical (unpaired) electrons. The molecule has 28 heavy (non-hydrogen) atoms. The molecule has 3 aromatic rings. The molecule has 0 amide bonds. The lowest BCUT2D eigenvalue weighted by Crippen LogP contribution is -2.14. The first kappa shape index (κ1) is 20.2. The van der Waals surface area contributed by atoms with E-state index in [-0.39, 0.29) is 11.0 Å². The van der Waals surface area contributed by atoms with Crippen molar-refractivity contribution in [3.63, 3.8) is 0 Å². The van der Waals surface area contributed by atoms with Gasteiger partial charge in [-0.15, -0.1) is 16.8 Å². The van der Waals surface area contributed by atoms with Crippen molar-refractivity contribution in [2.45, 2.75) is 23.9 Å². The third-order valence-electron chi connectivity index (χ3n) is 4.16. The number of hydrogen-bond donors (Lipinski definition) is 0. The first-order valence-electron chi connectivity index (χ1n) is 8.68. The van der Waals surface area contributed by atoms with Crippen LogP contribution in [0.2, 0.25) is 5.02 Å². The van der Waals surface area contributed by atoms with E-state index in [0.29, 0.717) is 22.3 Å². The monoisotopic (exact) mass is 413 g/mol. The van der Waals surface area contributed by atoms with Crippen molar-refractivity contribution in [2.24, 2.45) is 0 Å². The Balaban J connectivity index is 1.85. The molecule has 2 aromatic carbocycles. The minimum Gasteiger partial charge on any atom is -0.497 e. The maximum absolute atomic E-state index is 12.7. The molecule has 144 valence electrons. The molecule has 0 spiro atoms. The maximum Gasteiger partial charge on any atom is 0.192 e. The molecule has 1 unspecified atom stereocenters. The fraction of sp³-hybridized carbons (Fsp3) is 0.190. The zero-order chi connectivity index (χ0) is 20.1.